The maximum atomic E-state index is 9.14. The average Bonchev–Trinajstić information content (AvgIpc) is 3.02. The highest BCUT2D eigenvalue weighted by Crippen LogP contribution is 2.34. The van der Waals surface area contributed by atoms with E-state index in [2.05, 4.69) is 21.7 Å². The number of fused-ring (bicyclic) bond motifs is 1. The summed E-state index contributed by atoms with van der Waals surface area (Å²) in [6.07, 6.45) is 4.86. The van der Waals surface area contributed by atoms with Gasteiger partial charge in [0.25, 0.3) is 0 Å². The number of hydrogen-bond donors (Lipinski definition) is 0. The van der Waals surface area contributed by atoms with Gasteiger partial charge in [-0.2, -0.15) is 10.5 Å². The Kier molecular flexibility index (Phi) is 2.72. The van der Waals surface area contributed by atoms with Crippen LogP contribution in [0.3, 0.4) is 0 Å². The van der Waals surface area contributed by atoms with Gasteiger partial charge in [-0.05, 0) is 31.9 Å². The minimum Gasteiger partial charge on any atom is -0.325 e. The molecule has 4 heteroatoms. The predicted molar refractivity (Wildman–Crippen MR) is 71.4 cm³/mol. The zero-order chi connectivity index (χ0) is 13.4. The lowest BCUT2D eigenvalue weighted by molar-refractivity contribution is 0.520. The second-order valence-corrected chi connectivity index (χ2v) is 5.08. The molecule has 0 saturated heterocycles. The first-order chi connectivity index (χ1) is 9.24. The van der Waals surface area contributed by atoms with Crippen molar-refractivity contribution in [2.45, 2.75) is 38.6 Å². The van der Waals surface area contributed by atoms with Gasteiger partial charge in [-0.25, -0.2) is 4.98 Å². The molecule has 1 heterocycles. The first-order valence-corrected chi connectivity index (χ1v) is 6.57. The van der Waals surface area contributed by atoms with E-state index in [0.717, 1.165) is 16.9 Å². The Morgan fingerprint density at radius 3 is 2.42 bits per heavy atom. The fraction of sp³-hybridized carbons (Fsp3) is 0.400. The summed E-state index contributed by atoms with van der Waals surface area (Å²) in [5.41, 5.74) is 2.65. The summed E-state index contributed by atoms with van der Waals surface area (Å²) in [5.74, 6) is 0.973. The van der Waals surface area contributed by atoms with Crippen molar-refractivity contribution < 1.29 is 0 Å². The van der Waals surface area contributed by atoms with Gasteiger partial charge in [0.2, 0.25) is 0 Å². The minimum absolute atomic E-state index is 0.408. The Bertz CT molecular complexity index is 721. The van der Waals surface area contributed by atoms with Crippen LogP contribution in [0, 0.1) is 29.6 Å². The Morgan fingerprint density at radius 1 is 1.16 bits per heavy atom. The molecular weight excluding hydrogens is 236 g/mol. The van der Waals surface area contributed by atoms with Crippen molar-refractivity contribution in [1.82, 2.24) is 9.55 Å². The van der Waals surface area contributed by atoms with E-state index < -0.39 is 0 Å². The second-order valence-electron chi connectivity index (χ2n) is 5.08. The van der Waals surface area contributed by atoms with Gasteiger partial charge in [-0.15, -0.1) is 0 Å². The molecule has 3 rings (SSSR count). The van der Waals surface area contributed by atoms with Gasteiger partial charge in [-0.3, -0.25) is 0 Å². The van der Waals surface area contributed by atoms with Crippen LogP contribution < -0.4 is 0 Å². The summed E-state index contributed by atoms with van der Waals surface area (Å²) < 4.78 is 2.24. The molecule has 0 unspecified atom stereocenters. The van der Waals surface area contributed by atoms with Gasteiger partial charge >= 0.3 is 0 Å². The number of benzene rings is 1. The summed E-state index contributed by atoms with van der Waals surface area (Å²) in [6.45, 7) is 2.00. The summed E-state index contributed by atoms with van der Waals surface area (Å²) in [5, 5.41) is 18.2. The number of rotatable bonds is 1. The zero-order valence-electron chi connectivity index (χ0n) is 10.8. The van der Waals surface area contributed by atoms with Crippen molar-refractivity contribution in [3.63, 3.8) is 0 Å². The van der Waals surface area contributed by atoms with E-state index >= 15 is 0 Å². The molecule has 94 valence electrons. The molecular formula is C15H14N4. The number of aromatic nitrogens is 2. The van der Waals surface area contributed by atoms with Gasteiger partial charge in [0, 0.05) is 6.04 Å². The monoisotopic (exact) mass is 250 g/mol. The highest BCUT2D eigenvalue weighted by molar-refractivity contribution is 5.80. The van der Waals surface area contributed by atoms with Gasteiger partial charge in [0.15, 0.2) is 0 Å². The van der Waals surface area contributed by atoms with Gasteiger partial charge in [0.05, 0.1) is 22.2 Å². The summed E-state index contributed by atoms with van der Waals surface area (Å²) in [7, 11) is 0. The van der Waals surface area contributed by atoms with E-state index in [1.54, 1.807) is 6.07 Å². The lowest BCUT2D eigenvalue weighted by Crippen LogP contribution is -2.06. The minimum atomic E-state index is 0.408. The zero-order valence-corrected chi connectivity index (χ0v) is 10.8. The van der Waals surface area contributed by atoms with E-state index in [0.29, 0.717) is 17.2 Å². The maximum absolute atomic E-state index is 9.14. The van der Waals surface area contributed by atoms with E-state index in [9.17, 15) is 0 Å². The first kappa shape index (κ1) is 11.7. The molecule has 0 radical (unpaired) electrons. The highest BCUT2D eigenvalue weighted by Gasteiger charge is 2.21. The van der Waals surface area contributed by atoms with Gasteiger partial charge < -0.3 is 4.57 Å². The highest BCUT2D eigenvalue weighted by atomic mass is 15.1. The molecule has 0 spiro atoms. The van der Waals surface area contributed by atoms with Crippen LogP contribution in [0.25, 0.3) is 11.0 Å². The van der Waals surface area contributed by atoms with Crippen molar-refractivity contribution in [1.29, 1.82) is 10.5 Å². The lowest BCUT2D eigenvalue weighted by Gasteiger charge is -2.14. The van der Waals surface area contributed by atoms with Crippen molar-refractivity contribution in [3.8, 4) is 12.1 Å². The van der Waals surface area contributed by atoms with Gasteiger partial charge in [-0.1, -0.05) is 12.8 Å². The molecule has 1 fully saturated rings. The third-order valence-corrected chi connectivity index (χ3v) is 3.94. The predicted octanol–water partition coefficient (Wildman–Crippen LogP) is 3.20. The molecule has 0 N–H and O–H groups in total. The molecule has 0 amide bonds. The van der Waals surface area contributed by atoms with Crippen molar-refractivity contribution in [3.05, 3.63) is 29.1 Å². The molecule has 1 aromatic carbocycles. The van der Waals surface area contributed by atoms with Gasteiger partial charge in [0.1, 0.15) is 18.0 Å². The van der Waals surface area contributed by atoms with Crippen LogP contribution in [-0.4, -0.2) is 9.55 Å². The smallest absolute Gasteiger partial charge is 0.106 e. The molecule has 1 saturated carbocycles. The van der Waals surface area contributed by atoms with Crippen LogP contribution in [0.5, 0.6) is 0 Å². The average molecular weight is 250 g/mol. The molecule has 1 aliphatic carbocycles. The van der Waals surface area contributed by atoms with Crippen LogP contribution in [-0.2, 0) is 0 Å². The molecule has 19 heavy (non-hydrogen) atoms. The number of imidazole rings is 1. The molecule has 1 aliphatic rings. The van der Waals surface area contributed by atoms with E-state index in [1.165, 1.54) is 25.7 Å². The van der Waals surface area contributed by atoms with E-state index in [1.807, 2.05) is 13.0 Å². The fourth-order valence-corrected chi connectivity index (χ4v) is 3.07. The number of hydrogen-bond acceptors (Lipinski definition) is 3. The first-order valence-electron chi connectivity index (χ1n) is 6.57. The molecule has 4 nitrogen and oxygen atoms in total. The fourth-order valence-electron chi connectivity index (χ4n) is 3.07. The molecule has 0 aliphatic heterocycles. The molecule has 0 bridgehead atoms. The largest absolute Gasteiger partial charge is 0.325 e. The quantitative estimate of drug-likeness (QED) is 0.780. The third-order valence-electron chi connectivity index (χ3n) is 3.94. The molecule has 0 atom stereocenters. The number of aryl methyl sites for hydroxylation is 1. The van der Waals surface area contributed by atoms with Crippen LogP contribution in [0.4, 0.5) is 0 Å². The SMILES string of the molecule is Cc1nc2cc(C#N)c(C#N)cc2n1C1CCCC1. The summed E-state index contributed by atoms with van der Waals surface area (Å²) in [4.78, 5) is 4.54. The van der Waals surface area contributed by atoms with Crippen LogP contribution >= 0.6 is 0 Å². The second kappa shape index (κ2) is 4.40. The molecule has 1 aromatic heterocycles. The van der Waals surface area contributed by atoms with E-state index in [4.69, 9.17) is 10.5 Å². The lowest BCUT2D eigenvalue weighted by atomic mass is 10.1. The standard InChI is InChI=1S/C15H14N4/c1-10-18-14-6-11(8-16)12(9-17)7-15(14)19(10)13-4-2-3-5-13/h6-7,13H,2-5H2,1H3. The van der Waals surface area contributed by atoms with Crippen LogP contribution in [0.1, 0.15) is 48.7 Å². The Labute approximate surface area is 111 Å². The number of nitriles is 2. The Hall–Kier alpha value is -2.33. The Morgan fingerprint density at radius 2 is 1.79 bits per heavy atom. The topological polar surface area (TPSA) is 65.4 Å². The van der Waals surface area contributed by atoms with Crippen molar-refractivity contribution >= 4 is 11.0 Å². The van der Waals surface area contributed by atoms with Crippen molar-refractivity contribution in [2.24, 2.45) is 0 Å². The van der Waals surface area contributed by atoms with Crippen molar-refractivity contribution in [2.75, 3.05) is 0 Å². The van der Waals surface area contributed by atoms with Crippen LogP contribution in [0.15, 0.2) is 12.1 Å². The maximum Gasteiger partial charge on any atom is 0.106 e. The molecule has 2 aromatic rings. The van der Waals surface area contributed by atoms with E-state index in [-0.39, 0.29) is 0 Å². The summed E-state index contributed by atoms with van der Waals surface area (Å²) in [6, 6.07) is 8.20. The third kappa shape index (κ3) is 1.77. The van der Waals surface area contributed by atoms with Crippen LogP contribution in [0.2, 0.25) is 0 Å². The number of nitrogens with zero attached hydrogens (tertiary/aromatic N) is 4. The normalized spacial score (nSPS) is 15.5. The summed E-state index contributed by atoms with van der Waals surface area (Å²) >= 11 is 0. The Balaban J connectivity index is 2.26.